The third kappa shape index (κ3) is 3.17. The summed E-state index contributed by atoms with van der Waals surface area (Å²) in [7, 11) is 0. The lowest BCUT2D eigenvalue weighted by molar-refractivity contribution is 0.506. The minimum absolute atomic E-state index is 0.230. The van der Waals surface area contributed by atoms with Crippen molar-refractivity contribution in [3.63, 3.8) is 0 Å². The first-order valence-electron chi connectivity index (χ1n) is 6.77. The van der Waals surface area contributed by atoms with E-state index in [-0.39, 0.29) is 6.04 Å². The SMILES string of the molecule is CCNC(Cc1ncnn1CC)c1cccnc1C. The standard InChI is InChI=1S/C14H21N5/c1-4-15-13(12-7-6-8-16-11(12)3)9-14-17-10-18-19(14)5-2/h6-8,10,13,15H,4-5,9H2,1-3H3. The molecule has 1 N–H and O–H groups in total. The van der Waals surface area contributed by atoms with E-state index in [1.165, 1.54) is 5.56 Å². The largest absolute Gasteiger partial charge is 0.310 e. The van der Waals surface area contributed by atoms with E-state index in [0.29, 0.717) is 0 Å². The molecule has 1 atom stereocenters. The smallest absolute Gasteiger partial charge is 0.138 e. The van der Waals surface area contributed by atoms with Gasteiger partial charge in [-0.15, -0.1) is 0 Å². The number of hydrogen-bond acceptors (Lipinski definition) is 4. The maximum Gasteiger partial charge on any atom is 0.138 e. The zero-order valence-corrected chi connectivity index (χ0v) is 11.8. The molecule has 0 saturated carbocycles. The van der Waals surface area contributed by atoms with E-state index in [4.69, 9.17) is 0 Å². The second kappa shape index (κ2) is 6.43. The van der Waals surface area contributed by atoms with Crippen molar-refractivity contribution in [1.82, 2.24) is 25.1 Å². The number of likely N-dealkylation sites (N-methyl/N-ethyl adjacent to an activating group) is 1. The number of rotatable bonds is 6. The van der Waals surface area contributed by atoms with Crippen LogP contribution >= 0.6 is 0 Å². The van der Waals surface area contributed by atoms with Crippen LogP contribution in [0, 0.1) is 6.92 Å². The summed E-state index contributed by atoms with van der Waals surface area (Å²) in [6.45, 7) is 8.00. The van der Waals surface area contributed by atoms with Gasteiger partial charge in [0.05, 0.1) is 0 Å². The fourth-order valence-corrected chi connectivity index (χ4v) is 2.30. The highest BCUT2D eigenvalue weighted by molar-refractivity contribution is 5.23. The molecule has 2 aromatic rings. The summed E-state index contributed by atoms with van der Waals surface area (Å²) in [6, 6.07) is 4.34. The van der Waals surface area contributed by atoms with Crippen molar-refractivity contribution >= 4 is 0 Å². The molecule has 1 unspecified atom stereocenters. The Labute approximate surface area is 114 Å². The minimum Gasteiger partial charge on any atom is -0.310 e. The van der Waals surface area contributed by atoms with E-state index < -0.39 is 0 Å². The average molecular weight is 259 g/mol. The summed E-state index contributed by atoms with van der Waals surface area (Å²) in [4.78, 5) is 8.73. The maximum absolute atomic E-state index is 4.37. The zero-order valence-electron chi connectivity index (χ0n) is 11.8. The summed E-state index contributed by atoms with van der Waals surface area (Å²) in [6.07, 6.45) is 4.28. The molecule has 19 heavy (non-hydrogen) atoms. The highest BCUT2D eigenvalue weighted by atomic mass is 15.3. The monoisotopic (exact) mass is 259 g/mol. The van der Waals surface area contributed by atoms with Gasteiger partial charge in [-0.3, -0.25) is 9.67 Å². The van der Waals surface area contributed by atoms with Crippen molar-refractivity contribution in [2.24, 2.45) is 0 Å². The molecule has 0 aromatic carbocycles. The fourth-order valence-electron chi connectivity index (χ4n) is 2.30. The molecule has 0 aliphatic rings. The summed E-state index contributed by atoms with van der Waals surface area (Å²) < 4.78 is 1.94. The topological polar surface area (TPSA) is 55.6 Å². The van der Waals surface area contributed by atoms with E-state index in [1.807, 2.05) is 23.9 Å². The average Bonchev–Trinajstić information content (AvgIpc) is 2.86. The maximum atomic E-state index is 4.37. The Bertz CT molecular complexity index is 520. The molecule has 0 aliphatic heterocycles. The van der Waals surface area contributed by atoms with Crippen LogP contribution in [0.15, 0.2) is 24.7 Å². The van der Waals surface area contributed by atoms with Crippen LogP contribution in [0.2, 0.25) is 0 Å². The molecule has 0 saturated heterocycles. The Morgan fingerprint density at radius 2 is 2.16 bits per heavy atom. The quantitative estimate of drug-likeness (QED) is 0.860. The third-order valence-corrected chi connectivity index (χ3v) is 3.26. The Balaban J connectivity index is 2.24. The highest BCUT2D eigenvalue weighted by Crippen LogP contribution is 2.19. The van der Waals surface area contributed by atoms with Crippen LogP contribution < -0.4 is 5.32 Å². The zero-order chi connectivity index (χ0) is 13.7. The van der Waals surface area contributed by atoms with Gasteiger partial charge in [0.2, 0.25) is 0 Å². The van der Waals surface area contributed by atoms with Crippen molar-refractivity contribution in [3.8, 4) is 0 Å². The van der Waals surface area contributed by atoms with Crippen LogP contribution in [0.25, 0.3) is 0 Å². The van der Waals surface area contributed by atoms with Gasteiger partial charge in [-0.25, -0.2) is 4.98 Å². The molecule has 0 spiro atoms. The molecule has 102 valence electrons. The van der Waals surface area contributed by atoms with E-state index >= 15 is 0 Å². The molecule has 2 aromatic heterocycles. The molecular formula is C14H21N5. The molecule has 2 heterocycles. The van der Waals surface area contributed by atoms with Gasteiger partial charge in [0.1, 0.15) is 12.2 Å². The van der Waals surface area contributed by atoms with Crippen molar-refractivity contribution < 1.29 is 0 Å². The molecule has 0 amide bonds. The van der Waals surface area contributed by atoms with Crippen LogP contribution in [0.4, 0.5) is 0 Å². The van der Waals surface area contributed by atoms with Gasteiger partial charge in [0.15, 0.2) is 0 Å². The van der Waals surface area contributed by atoms with Gasteiger partial charge in [-0.2, -0.15) is 5.10 Å². The van der Waals surface area contributed by atoms with Gasteiger partial charge < -0.3 is 5.32 Å². The lowest BCUT2D eigenvalue weighted by atomic mass is 10.0. The fraction of sp³-hybridized carbons (Fsp3) is 0.500. The second-order valence-electron chi connectivity index (χ2n) is 4.48. The first-order valence-corrected chi connectivity index (χ1v) is 6.77. The van der Waals surface area contributed by atoms with Crippen LogP contribution in [0.1, 0.15) is 37.0 Å². The van der Waals surface area contributed by atoms with E-state index in [2.05, 4.69) is 40.3 Å². The molecule has 2 rings (SSSR count). The molecular weight excluding hydrogens is 238 g/mol. The summed E-state index contributed by atoms with van der Waals surface area (Å²) in [5, 5.41) is 7.73. The predicted octanol–water partition coefficient (Wildman–Crippen LogP) is 1.89. The van der Waals surface area contributed by atoms with Crippen molar-refractivity contribution in [1.29, 1.82) is 0 Å². The van der Waals surface area contributed by atoms with Crippen molar-refractivity contribution in [3.05, 3.63) is 41.7 Å². The number of aromatic nitrogens is 4. The van der Waals surface area contributed by atoms with Crippen LogP contribution in [0.3, 0.4) is 0 Å². The van der Waals surface area contributed by atoms with Crippen molar-refractivity contribution in [2.75, 3.05) is 6.54 Å². The van der Waals surface area contributed by atoms with Crippen LogP contribution in [0.5, 0.6) is 0 Å². The Morgan fingerprint density at radius 3 is 2.84 bits per heavy atom. The number of aryl methyl sites for hydroxylation is 2. The predicted molar refractivity (Wildman–Crippen MR) is 74.8 cm³/mol. The number of pyridine rings is 1. The van der Waals surface area contributed by atoms with Crippen LogP contribution in [-0.4, -0.2) is 26.3 Å². The summed E-state index contributed by atoms with van der Waals surface area (Å²) in [5.41, 5.74) is 2.30. The lowest BCUT2D eigenvalue weighted by Crippen LogP contribution is -2.25. The van der Waals surface area contributed by atoms with E-state index in [0.717, 1.165) is 31.0 Å². The second-order valence-corrected chi connectivity index (χ2v) is 4.48. The molecule has 5 heteroatoms. The Morgan fingerprint density at radius 1 is 1.32 bits per heavy atom. The molecule has 0 aliphatic carbocycles. The number of nitrogens with zero attached hydrogens (tertiary/aromatic N) is 4. The summed E-state index contributed by atoms with van der Waals surface area (Å²) in [5.74, 6) is 1.01. The molecule has 0 bridgehead atoms. The minimum atomic E-state index is 0.230. The van der Waals surface area contributed by atoms with Gasteiger partial charge in [-0.1, -0.05) is 13.0 Å². The van der Waals surface area contributed by atoms with Gasteiger partial charge >= 0.3 is 0 Å². The molecule has 5 nitrogen and oxygen atoms in total. The highest BCUT2D eigenvalue weighted by Gasteiger charge is 2.16. The number of hydrogen-bond donors (Lipinski definition) is 1. The van der Waals surface area contributed by atoms with Gasteiger partial charge in [-0.05, 0) is 32.0 Å². The van der Waals surface area contributed by atoms with Crippen molar-refractivity contribution in [2.45, 2.75) is 39.8 Å². The first kappa shape index (κ1) is 13.7. The third-order valence-electron chi connectivity index (χ3n) is 3.26. The Hall–Kier alpha value is -1.75. The Kier molecular flexibility index (Phi) is 4.63. The van der Waals surface area contributed by atoms with Gasteiger partial charge in [0.25, 0.3) is 0 Å². The van der Waals surface area contributed by atoms with E-state index in [1.54, 1.807) is 6.33 Å². The van der Waals surface area contributed by atoms with Crippen LogP contribution in [-0.2, 0) is 13.0 Å². The van der Waals surface area contributed by atoms with Gasteiger partial charge in [0, 0.05) is 30.9 Å². The molecule has 0 fully saturated rings. The number of nitrogens with one attached hydrogen (secondary N) is 1. The van der Waals surface area contributed by atoms with E-state index in [9.17, 15) is 0 Å². The molecule has 0 radical (unpaired) electrons. The first-order chi connectivity index (χ1) is 9.26. The lowest BCUT2D eigenvalue weighted by Gasteiger charge is -2.19. The summed E-state index contributed by atoms with van der Waals surface area (Å²) >= 11 is 0. The normalized spacial score (nSPS) is 12.6.